The minimum Gasteiger partial charge on any atom is -0.460 e. The zero-order chi connectivity index (χ0) is 19.8. The van der Waals surface area contributed by atoms with Gasteiger partial charge in [0.15, 0.2) is 0 Å². The molecule has 7 nitrogen and oxygen atoms in total. The zero-order valence-electron chi connectivity index (χ0n) is 16.9. The number of ether oxygens (including phenoxy) is 3. The normalized spacial score (nSPS) is 19.7. The highest BCUT2D eigenvalue weighted by Gasteiger charge is 2.24. The molecule has 2 rings (SSSR count). The Morgan fingerprint density at radius 2 is 1.89 bits per heavy atom. The zero-order valence-corrected chi connectivity index (χ0v) is 16.9. The smallest absolute Gasteiger partial charge is 0.340 e. The van der Waals surface area contributed by atoms with Crippen LogP contribution in [0.1, 0.15) is 64.7 Å². The number of hydrogen-bond donors (Lipinski definition) is 2. The van der Waals surface area contributed by atoms with Gasteiger partial charge in [0.05, 0.1) is 24.9 Å². The maximum Gasteiger partial charge on any atom is 0.340 e. The second-order valence-electron chi connectivity index (χ2n) is 7.18. The maximum absolute atomic E-state index is 12.5. The molecule has 0 spiro atoms. The molecule has 0 saturated heterocycles. The highest BCUT2D eigenvalue weighted by molar-refractivity contribution is 6.00. The minimum atomic E-state index is -0.452. The molecule has 1 aliphatic rings. The van der Waals surface area contributed by atoms with Crippen LogP contribution in [0.4, 0.5) is 0 Å². The van der Waals surface area contributed by atoms with Gasteiger partial charge in [0.2, 0.25) is 0 Å². The molecule has 2 unspecified atom stereocenters. The lowest BCUT2D eigenvalue weighted by molar-refractivity contribution is -0.00295. The predicted octanol–water partition coefficient (Wildman–Crippen LogP) is 2.76. The molecule has 1 aliphatic carbocycles. The number of aryl methyl sites for hydroxylation is 1. The average Bonchev–Trinajstić information content (AvgIpc) is 2.94. The van der Waals surface area contributed by atoms with Crippen LogP contribution in [0.3, 0.4) is 0 Å². The second kappa shape index (κ2) is 10.5. The summed E-state index contributed by atoms with van der Waals surface area (Å²) in [5.74, 6) is -0.117. The van der Waals surface area contributed by atoms with E-state index in [2.05, 4.69) is 17.2 Å². The van der Waals surface area contributed by atoms with Crippen LogP contribution in [0.5, 0.6) is 0 Å². The molecule has 0 aliphatic heterocycles. The molecule has 0 aromatic carbocycles. The molecule has 152 valence electrons. The molecule has 0 radical (unpaired) electrons. The Morgan fingerprint density at radius 1 is 1.15 bits per heavy atom. The number of aromatic nitrogens is 1. The third-order valence-electron chi connectivity index (χ3n) is 5.14. The van der Waals surface area contributed by atoms with E-state index in [-0.39, 0.29) is 12.5 Å². The Bertz CT molecular complexity index is 641. The molecular formula is C20H32N2O5. The fraction of sp³-hybridized carbons (Fsp3) is 0.700. The van der Waals surface area contributed by atoms with E-state index in [0.717, 1.165) is 6.42 Å². The van der Waals surface area contributed by atoms with Gasteiger partial charge in [0, 0.05) is 19.3 Å². The van der Waals surface area contributed by atoms with Crippen molar-refractivity contribution in [2.75, 3.05) is 33.5 Å². The lowest BCUT2D eigenvalue weighted by Crippen LogP contribution is -2.32. The Labute approximate surface area is 161 Å². The Kier molecular flexibility index (Phi) is 8.31. The van der Waals surface area contributed by atoms with E-state index >= 15 is 0 Å². The Hall–Kier alpha value is -1.86. The molecule has 1 fully saturated rings. The van der Waals surface area contributed by atoms with E-state index in [1.165, 1.54) is 19.3 Å². The number of carbonyl (C=O) groups is 2. The van der Waals surface area contributed by atoms with Crippen molar-refractivity contribution in [3.8, 4) is 0 Å². The lowest BCUT2D eigenvalue weighted by atomic mass is 9.88. The van der Waals surface area contributed by atoms with E-state index in [1.807, 2.05) is 0 Å². The predicted molar refractivity (Wildman–Crippen MR) is 102 cm³/mol. The summed E-state index contributed by atoms with van der Waals surface area (Å²) in [7, 11) is 1.54. The maximum atomic E-state index is 12.5. The number of rotatable bonds is 9. The van der Waals surface area contributed by atoms with Crippen LogP contribution in [-0.2, 0) is 14.2 Å². The standard InChI is InChI=1S/C20H32N2O5/c1-13-7-5-6-8-16(13)26-10-9-21-19(23)18-14(2)17(15(3)22-18)20(24)27-12-11-25-4/h13,16,22H,5-12H2,1-4H3,(H,21,23). The summed E-state index contributed by atoms with van der Waals surface area (Å²) in [6.45, 7) is 7.16. The van der Waals surface area contributed by atoms with Crippen molar-refractivity contribution in [2.24, 2.45) is 5.92 Å². The Morgan fingerprint density at radius 3 is 2.59 bits per heavy atom. The van der Waals surface area contributed by atoms with Crippen molar-refractivity contribution in [3.63, 3.8) is 0 Å². The fourth-order valence-electron chi connectivity index (χ4n) is 3.57. The van der Waals surface area contributed by atoms with Crippen molar-refractivity contribution < 1.29 is 23.8 Å². The van der Waals surface area contributed by atoms with Crippen LogP contribution in [0.15, 0.2) is 0 Å². The molecule has 7 heteroatoms. The summed E-state index contributed by atoms with van der Waals surface area (Å²) in [5.41, 5.74) is 2.00. The molecule has 1 aromatic rings. The highest BCUT2D eigenvalue weighted by atomic mass is 16.6. The molecule has 1 saturated carbocycles. The molecule has 1 aromatic heterocycles. The Balaban J connectivity index is 1.85. The lowest BCUT2D eigenvalue weighted by Gasteiger charge is -2.28. The molecular weight excluding hydrogens is 348 g/mol. The van der Waals surface area contributed by atoms with Gasteiger partial charge in [0.1, 0.15) is 12.3 Å². The number of methoxy groups -OCH3 is 1. The van der Waals surface area contributed by atoms with Gasteiger partial charge in [0.25, 0.3) is 5.91 Å². The van der Waals surface area contributed by atoms with Crippen molar-refractivity contribution in [3.05, 3.63) is 22.5 Å². The second-order valence-corrected chi connectivity index (χ2v) is 7.18. The molecule has 1 amide bonds. The number of aromatic amines is 1. The number of amides is 1. The van der Waals surface area contributed by atoms with Gasteiger partial charge in [-0.05, 0) is 38.2 Å². The van der Waals surface area contributed by atoms with Gasteiger partial charge >= 0.3 is 5.97 Å². The molecule has 1 heterocycles. The number of hydrogen-bond acceptors (Lipinski definition) is 5. The number of H-pyrrole nitrogens is 1. The summed E-state index contributed by atoms with van der Waals surface area (Å²) >= 11 is 0. The van der Waals surface area contributed by atoms with Crippen molar-refractivity contribution in [1.82, 2.24) is 10.3 Å². The molecule has 27 heavy (non-hydrogen) atoms. The molecule has 0 bridgehead atoms. The van der Waals surface area contributed by atoms with Crippen LogP contribution in [0.2, 0.25) is 0 Å². The summed E-state index contributed by atoms with van der Waals surface area (Å²) < 4.78 is 16.0. The first-order chi connectivity index (χ1) is 13.0. The van der Waals surface area contributed by atoms with Crippen LogP contribution in [0, 0.1) is 19.8 Å². The van der Waals surface area contributed by atoms with E-state index < -0.39 is 5.97 Å². The minimum absolute atomic E-state index is 0.178. The van der Waals surface area contributed by atoms with Gasteiger partial charge < -0.3 is 24.5 Å². The molecule has 2 N–H and O–H groups in total. The van der Waals surface area contributed by atoms with Gasteiger partial charge in [-0.3, -0.25) is 4.79 Å². The highest BCUT2D eigenvalue weighted by Crippen LogP contribution is 2.26. The summed E-state index contributed by atoms with van der Waals surface area (Å²) in [4.78, 5) is 27.7. The monoisotopic (exact) mass is 380 g/mol. The average molecular weight is 380 g/mol. The molecule has 2 atom stereocenters. The number of carbonyl (C=O) groups excluding carboxylic acids is 2. The largest absolute Gasteiger partial charge is 0.460 e. The van der Waals surface area contributed by atoms with E-state index in [0.29, 0.717) is 54.3 Å². The first-order valence-corrected chi connectivity index (χ1v) is 9.70. The van der Waals surface area contributed by atoms with Crippen LogP contribution in [-0.4, -0.2) is 56.4 Å². The third kappa shape index (κ3) is 5.81. The van der Waals surface area contributed by atoms with Gasteiger partial charge in [-0.1, -0.05) is 19.8 Å². The number of esters is 1. The van der Waals surface area contributed by atoms with Crippen LogP contribution < -0.4 is 5.32 Å². The van der Waals surface area contributed by atoms with E-state index in [9.17, 15) is 9.59 Å². The first kappa shape index (κ1) is 21.4. The van der Waals surface area contributed by atoms with Crippen LogP contribution in [0.25, 0.3) is 0 Å². The topological polar surface area (TPSA) is 89.7 Å². The van der Waals surface area contributed by atoms with Gasteiger partial charge in [-0.2, -0.15) is 0 Å². The fourth-order valence-corrected chi connectivity index (χ4v) is 3.57. The van der Waals surface area contributed by atoms with Crippen molar-refractivity contribution >= 4 is 11.9 Å². The van der Waals surface area contributed by atoms with E-state index in [1.54, 1.807) is 21.0 Å². The summed E-state index contributed by atoms with van der Waals surface area (Å²) in [6, 6.07) is 0. The first-order valence-electron chi connectivity index (χ1n) is 9.70. The quantitative estimate of drug-likeness (QED) is 0.508. The van der Waals surface area contributed by atoms with Gasteiger partial charge in [-0.15, -0.1) is 0 Å². The SMILES string of the molecule is COCCOC(=O)c1c(C)[nH]c(C(=O)NCCOC2CCCCC2C)c1C. The summed E-state index contributed by atoms with van der Waals surface area (Å²) in [6.07, 6.45) is 5.09. The number of nitrogens with one attached hydrogen (secondary N) is 2. The van der Waals surface area contributed by atoms with E-state index in [4.69, 9.17) is 14.2 Å². The summed E-state index contributed by atoms with van der Waals surface area (Å²) in [5, 5.41) is 2.86. The van der Waals surface area contributed by atoms with Crippen molar-refractivity contribution in [1.29, 1.82) is 0 Å². The van der Waals surface area contributed by atoms with Crippen LogP contribution >= 0.6 is 0 Å². The van der Waals surface area contributed by atoms with Gasteiger partial charge in [-0.25, -0.2) is 4.79 Å². The van der Waals surface area contributed by atoms with Crippen molar-refractivity contribution in [2.45, 2.75) is 52.6 Å². The third-order valence-corrected chi connectivity index (χ3v) is 5.14.